The van der Waals surface area contributed by atoms with Crippen molar-refractivity contribution in [2.75, 3.05) is 14.7 Å². The van der Waals surface area contributed by atoms with Crippen molar-refractivity contribution in [2.24, 2.45) is 0 Å². The van der Waals surface area contributed by atoms with Gasteiger partial charge in [0.1, 0.15) is 0 Å². The summed E-state index contributed by atoms with van der Waals surface area (Å²) in [7, 11) is 0. The molecule has 8 nitrogen and oxygen atoms in total. The predicted octanol–water partition coefficient (Wildman–Crippen LogP) is 36.1. The summed E-state index contributed by atoms with van der Waals surface area (Å²) >= 11 is 0. The van der Waals surface area contributed by atoms with Crippen LogP contribution in [0.25, 0.3) is 149 Å². The van der Waals surface area contributed by atoms with Crippen molar-refractivity contribution in [1.82, 2.24) is 23.7 Å². The summed E-state index contributed by atoms with van der Waals surface area (Å²) in [6.45, 7) is 18.9. The van der Waals surface area contributed by atoms with E-state index < -0.39 is 0 Å². The number of nitrogens with zero attached hydrogens (tertiary/aromatic N) is 8. The maximum atomic E-state index is 4.40. The van der Waals surface area contributed by atoms with E-state index in [1.165, 1.54) is 171 Å². The first kappa shape index (κ1) is 86.6. The molecule has 0 aliphatic heterocycles. The van der Waals surface area contributed by atoms with Crippen LogP contribution in [0.1, 0.15) is 99.9 Å². The number of para-hydroxylation sites is 6. The summed E-state index contributed by atoms with van der Waals surface area (Å²) in [5.41, 5.74) is 46.7. The Kier molecular flexibility index (Phi) is 20.5. The molecule has 0 atom stereocenters. The van der Waals surface area contributed by atoms with E-state index in [0.717, 1.165) is 73.4 Å². The van der Waals surface area contributed by atoms with Crippen LogP contribution in [0, 0.1) is 0 Å². The van der Waals surface area contributed by atoms with Gasteiger partial charge in [-0.25, -0.2) is 0 Å². The highest BCUT2D eigenvalue weighted by molar-refractivity contribution is 6.14. The smallest absolute Gasteiger partial charge is 0.0542 e. The summed E-state index contributed by atoms with van der Waals surface area (Å²) in [6, 6.07) is 169. The number of benzene rings is 19. The highest BCUT2D eigenvalue weighted by Gasteiger charge is 2.41. The van der Waals surface area contributed by atoms with E-state index in [9.17, 15) is 0 Å². The Morgan fingerprint density at radius 1 is 0.167 bits per heavy atom. The molecule has 0 radical (unpaired) electrons. The number of hydrogen-bond acceptors (Lipinski definition) is 5. The fourth-order valence-corrected chi connectivity index (χ4v) is 24.2. The van der Waals surface area contributed by atoms with Crippen LogP contribution in [0.4, 0.5) is 51.2 Å². The number of rotatable bonds is 14. The van der Waals surface area contributed by atoms with Crippen LogP contribution in [0.15, 0.2) is 486 Å². The number of aromatic nitrogens is 5. The second-order valence-electron chi connectivity index (χ2n) is 40.9. The van der Waals surface area contributed by atoms with E-state index in [1.54, 1.807) is 0 Å². The van der Waals surface area contributed by atoms with Crippen molar-refractivity contribution in [3.8, 4) is 83.8 Å². The van der Waals surface area contributed by atoms with Crippen molar-refractivity contribution in [2.45, 2.75) is 77.0 Å². The van der Waals surface area contributed by atoms with Gasteiger partial charge in [0, 0.05) is 153 Å². The van der Waals surface area contributed by atoms with Crippen molar-refractivity contribution < 1.29 is 0 Å². The van der Waals surface area contributed by atoms with Crippen molar-refractivity contribution in [3.05, 3.63) is 530 Å². The lowest BCUT2D eigenvalue weighted by Gasteiger charge is -2.30. The van der Waals surface area contributed by atoms with Crippen LogP contribution in [0.2, 0.25) is 0 Å². The normalized spacial score (nSPS) is 13.6. The van der Waals surface area contributed by atoms with Crippen LogP contribution in [-0.2, 0) is 21.7 Å². The molecule has 144 heavy (non-hydrogen) atoms. The number of fused-ring (bicyclic) bond motifs is 21. The SMILES string of the molecule is CC1(C)c2ccccc2-c2ccc(N(c3ccc(-c4cccnc4)cc3)c3ccc4c(c3)c3ccccc3n4-c3ccccc3)cc21.CC1(C)c2ccccc2-c2ccc(N(c3ccc4c(c3)C(C)(C)c3ccccc3-4)c3ccc4c(c3)c3ccccc3n4-c3ccccc3)cc21.CC1(C)c2ccccc2-c2ccc(N(c3cccc(-c4cccnc4)c3)c3ccc4c(c3)c3ccccc3n4-c3ccccc3)cc21. The Balaban J connectivity index is 0.000000110. The van der Waals surface area contributed by atoms with Gasteiger partial charge in [-0.15, -0.1) is 0 Å². The standard InChI is InChI=1S/C48H38N2.2C44H33N3/c1-47(2)41-19-11-8-16-35(41)37-25-22-33(29-43(37)47)49(34-23-26-38-36-17-9-12-20-42(36)48(3,4)44(38)30-34)32-24-27-46-40(28-32)39-18-10-13-21-45(39)50(46)31-14-6-5-7-15-31;1-44(2)40-19-8-6-17-36(40)37-23-21-35(28-41(37)44)46(33-16-10-12-30(26-33)31-13-11-25-45-29-31)34-22-24-43-39(27-34)38-18-7-9-20-42(38)47(43)32-14-4-3-5-15-32;1-44(2)40-16-8-6-14-36(40)37-24-22-35(28-41(37)44)46(33-20-18-30(19-21-33)31-11-10-26-45-29-31)34-23-25-43-39(27-34)38-15-7-9-17-42(38)47(43)32-12-4-3-5-13-32/h5-30H,1-4H3;2*3-29H,1-2H3. The molecule has 0 N–H and O–H groups in total. The molecule has 688 valence electrons. The Bertz CT molecular complexity index is 9090. The molecule has 0 fully saturated rings. The van der Waals surface area contributed by atoms with Crippen LogP contribution in [0.3, 0.4) is 0 Å². The van der Waals surface area contributed by atoms with Crippen molar-refractivity contribution in [1.29, 1.82) is 0 Å². The molecule has 0 spiro atoms. The third kappa shape index (κ3) is 14.1. The minimum Gasteiger partial charge on any atom is -0.310 e. The molecule has 4 aliphatic carbocycles. The average Bonchev–Trinajstić information content (AvgIpc) is 1.59. The van der Waals surface area contributed by atoms with Gasteiger partial charge in [0.05, 0.1) is 33.1 Å². The van der Waals surface area contributed by atoms with E-state index in [0.29, 0.717) is 0 Å². The van der Waals surface area contributed by atoms with Gasteiger partial charge >= 0.3 is 0 Å². The molecular formula is C136H104N8. The first-order valence-electron chi connectivity index (χ1n) is 50.1. The molecule has 4 aliphatic rings. The molecule has 24 aromatic rings. The number of anilines is 9. The summed E-state index contributed by atoms with van der Waals surface area (Å²) < 4.78 is 7.14. The highest BCUT2D eigenvalue weighted by Crippen LogP contribution is 2.58. The fourth-order valence-electron chi connectivity index (χ4n) is 24.2. The van der Waals surface area contributed by atoms with Gasteiger partial charge in [0.25, 0.3) is 0 Å². The van der Waals surface area contributed by atoms with Crippen molar-refractivity contribution >= 4 is 117 Å². The minimum atomic E-state index is -0.0990. The summed E-state index contributed by atoms with van der Waals surface area (Å²) in [5, 5.41) is 7.43. The van der Waals surface area contributed by atoms with Gasteiger partial charge < -0.3 is 28.4 Å². The van der Waals surface area contributed by atoms with Gasteiger partial charge in [-0.1, -0.05) is 322 Å². The molecule has 0 amide bonds. The molecule has 0 saturated heterocycles. The highest BCUT2D eigenvalue weighted by atomic mass is 15.2. The molecule has 0 bridgehead atoms. The topological polar surface area (TPSA) is 50.3 Å². The Labute approximate surface area is 840 Å². The predicted molar refractivity (Wildman–Crippen MR) is 603 cm³/mol. The monoisotopic (exact) mass is 1850 g/mol. The van der Waals surface area contributed by atoms with Crippen LogP contribution in [0.5, 0.6) is 0 Å². The second kappa shape index (κ2) is 34.1. The molecule has 5 aromatic heterocycles. The lowest BCUT2D eigenvalue weighted by molar-refractivity contribution is 0.660. The minimum absolute atomic E-state index is 0.0924. The second-order valence-corrected chi connectivity index (χ2v) is 40.9. The summed E-state index contributed by atoms with van der Waals surface area (Å²) in [6.07, 6.45) is 7.50. The van der Waals surface area contributed by atoms with E-state index >= 15 is 0 Å². The zero-order valence-corrected chi connectivity index (χ0v) is 81.8. The number of hydrogen-bond donors (Lipinski definition) is 0. The average molecular weight is 1850 g/mol. The van der Waals surface area contributed by atoms with E-state index in [-0.39, 0.29) is 21.7 Å². The van der Waals surface area contributed by atoms with Gasteiger partial charge in [0.15, 0.2) is 0 Å². The third-order valence-electron chi connectivity index (χ3n) is 31.3. The Morgan fingerprint density at radius 2 is 0.417 bits per heavy atom. The molecular weight excluding hydrogens is 1750 g/mol. The molecule has 19 aromatic carbocycles. The molecule has 5 heterocycles. The van der Waals surface area contributed by atoms with Crippen LogP contribution in [-0.4, -0.2) is 23.7 Å². The molecule has 28 rings (SSSR count). The Hall–Kier alpha value is -17.7. The van der Waals surface area contributed by atoms with Gasteiger partial charge in [0.2, 0.25) is 0 Å². The summed E-state index contributed by atoms with van der Waals surface area (Å²) in [4.78, 5) is 16.0. The third-order valence-corrected chi connectivity index (χ3v) is 31.3. The van der Waals surface area contributed by atoms with Crippen LogP contribution < -0.4 is 14.7 Å². The lowest BCUT2D eigenvalue weighted by Crippen LogP contribution is -2.18. The largest absolute Gasteiger partial charge is 0.310 e. The maximum absolute atomic E-state index is 4.40. The van der Waals surface area contributed by atoms with Gasteiger partial charge in [-0.2, -0.15) is 0 Å². The summed E-state index contributed by atoms with van der Waals surface area (Å²) in [5.74, 6) is 0. The molecule has 8 heteroatoms. The zero-order valence-electron chi connectivity index (χ0n) is 81.8. The molecule has 0 saturated carbocycles. The van der Waals surface area contributed by atoms with E-state index in [1.807, 2.05) is 36.9 Å². The maximum Gasteiger partial charge on any atom is 0.0542 e. The first-order valence-corrected chi connectivity index (χ1v) is 50.1. The lowest BCUT2D eigenvalue weighted by atomic mass is 9.82. The fraction of sp³-hybridized carbons (Fsp3) is 0.0882. The van der Waals surface area contributed by atoms with Gasteiger partial charge in [-0.3, -0.25) is 9.97 Å². The van der Waals surface area contributed by atoms with Gasteiger partial charge in [-0.05, 0) is 300 Å². The van der Waals surface area contributed by atoms with Crippen LogP contribution >= 0.6 is 0 Å². The van der Waals surface area contributed by atoms with Crippen molar-refractivity contribution in [3.63, 3.8) is 0 Å². The first-order chi connectivity index (χ1) is 70.5. The Morgan fingerprint density at radius 3 is 0.743 bits per heavy atom. The van der Waals surface area contributed by atoms with E-state index in [4.69, 9.17) is 0 Å². The quantitative estimate of drug-likeness (QED) is 0.109. The number of pyridine rings is 2. The van der Waals surface area contributed by atoms with E-state index in [2.05, 4.69) is 543 Å². The molecule has 0 unspecified atom stereocenters. The zero-order chi connectivity index (χ0) is 96.9.